The van der Waals surface area contributed by atoms with Gasteiger partial charge in [-0.2, -0.15) is 0 Å². The molecular formula is C12H15ClN2O3. The van der Waals surface area contributed by atoms with E-state index >= 15 is 0 Å². The molecular weight excluding hydrogens is 256 g/mol. The summed E-state index contributed by atoms with van der Waals surface area (Å²) in [5, 5.41) is 14.8. The normalized spacial score (nSPS) is 16.4. The number of carbonyl (C=O) groups excluding carboxylic acids is 1. The van der Waals surface area contributed by atoms with Crippen LogP contribution in [-0.4, -0.2) is 22.5 Å². The summed E-state index contributed by atoms with van der Waals surface area (Å²) >= 11 is 0. The summed E-state index contributed by atoms with van der Waals surface area (Å²) in [7, 11) is 0. The summed E-state index contributed by atoms with van der Waals surface area (Å²) < 4.78 is 0. The fourth-order valence-electron chi connectivity index (χ4n) is 1.89. The van der Waals surface area contributed by atoms with Crippen LogP contribution >= 0.6 is 12.4 Å². The Morgan fingerprint density at radius 2 is 2.00 bits per heavy atom. The molecule has 0 bridgehead atoms. The van der Waals surface area contributed by atoms with Gasteiger partial charge in [0.1, 0.15) is 0 Å². The summed E-state index contributed by atoms with van der Waals surface area (Å²) in [6.45, 7) is 3.85. The van der Waals surface area contributed by atoms with Crippen molar-refractivity contribution in [1.82, 2.24) is 0 Å². The third kappa shape index (κ3) is 2.92. The molecule has 0 aromatic heterocycles. The van der Waals surface area contributed by atoms with E-state index < -0.39 is 5.97 Å². The lowest BCUT2D eigenvalue weighted by Crippen LogP contribution is -2.32. The monoisotopic (exact) mass is 270 g/mol. The molecule has 1 amide bonds. The number of amides is 1. The molecule has 1 aliphatic rings. The van der Waals surface area contributed by atoms with Crippen molar-refractivity contribution < 1.29 is 14.7 Å². The predicted molar refractivity (Wildman–Crippen MR) is 71.6 cm³/mol. The second-order valence-corrected chi connectivity index (χ2v) is 4.80. The van der Waals surface area contributed by atoms with E-state index in [0.29, 0.717) is 12.1 Å². The summed E-state index contributed by atoms with van der Waals surface area (Å²) in [5.74, 6) is -1.13. The average Bonchev–Trinajstić information content (AvgIpc) is 2.29. The molecule has 0 saturated heterocycles. The van der Waals surface area contributed by atoms with Gasteiger partial charge in [0.15, 0.2) is 0 Å². The van der Waals surface area contributed by atoms with Gasteiger partial charge in [0.05, 0.1) is 16.9 Å². The number of fused-ring (bicyclic) bond motifs is 1. The number of rotatable bonds is 1. The fourth-order valence-corrected chi connectivity index (χ4v) is 1.89. The topological polar surface area (TPSA) is 78.4 Å². The Balaban J connectivity index is 0.00000162. The predicted octanol–water partition coefficient (Wildman–Crippen LogP) is 2.34. The number of hydrogen-bond acceptors (Lipinski definition) is 3. The molecule has 0 saturated carbocycles. The number of hydrogen-bond donors (Lipinski definition) is 3. The van der Waals surface area contributed by atoms with Crippen LogP contribution in [0.5, 0.6) is 0 Å². The van der Waals surface area contributed by atoms with Gasteiger partial charge >= 0.3 is 5.97 Å². The van der Waals surface area contributed by atoms with Crippen molar-refractivity contribution >= 4 is 35.7 Å². The lowest BCUT2D eigenvalue weighted by Gasteiger charge is -2.24. The van der Waals surface area contributed by atoms with E-state index in [1.807, 2.05) is 13.8 Å². The molecule has 2 rings (SSSR count). The van der Waals surface area contributed by atoms with E-state index in [2.05, 4.69) is 10.6 Å². The van der Waals surface area contributed by atoms with Crippen LogP contribution in [0.2, 0.25) is 0 Å². The molecule has 3 N–H and O–H groups in total. The van der Waals surface area contributed by atoms with Crippen LogP contribution in [-0.2, 0) is 4.79 Å². The fraction of sp³-hybridized carbons (Fsp3) is 0.333. The summed E-state index contributed by atoms with van der Waals surface area (Å²) in [6, 6.07) is 4.65. The van der Waals surface area contributed by atoms with Gasteiger partial charge < -0.3 is 15.7 Å². The molecule has 0 unspecified atom stereocenters. The van der Waals surface area contributed by atoms with Gasteiger partial charge in [0.25, 0.3) is 0 Å². The SMILES string of the molecule is CC1(C)CC(=O)Nc2cc(C(=O)O)ccc2N1.Cl. The van der Waals surface area contributed by atoms with Gasteiger partial charge in [-0.3, -0.25) is 4.79 Å². The van der Waals surface area contributed by atoms with Gasteiger partial charge in [-0.25, -0.2) is 4.79 Å². The number of carbonyl (C=O) groups is 2. The van der Waals surface area contributed by atoms with E-state index in [1.54, 1.807) is 6.07 Å². The van der Waals surface area contributed by atoms with Crippen LogP contribution in [0, 0.1) is 0 Å². The number of benzene rings is 1. The number of halogens is 1. The van der Waals surface area contributed by atoms with Crippen LogP contribution in [0.4, 0.5) is 11.4 Å². The molecule has 5 nitrogen and oxygen atoms in total. The lowest BCUT2D eigenvalue weighted by atomic mass is 10.0. The van der Waals surface area contributed by atoms with Crippen LogP contribution < -0.4 is 10.6 Å². The van der Waals surface area contributed by atoms with Gasteiger partial charge in [-0.05, 0) is 32.0 Å². The van der Waals surface area contributed by atoms with Crippen molar-refractivity contribution in [2.24, 2.45) is 0 Å². The van der Waals surface area contributed by atoms with Crippen molar-refractivity contribution in [3.63, 3.8) is 0 Å². The lowest BCUT2D eigenvalue weighted by molar-refractivity contribution is -0.116. The molecule has 1 aromatic carbocycles. The first-order valence-electron chi connectivity index (χ1n) is 5.33. The van der Waals surface area contributed by atoms with E-state index in [1.165, 1.54) is 12.1 Å². The summed E-state index contributed by atoms with van der Waals surface area (Å²) in [5.41, 5.74) is 1.07. The Morgan fingerprint density at radius 1 is 1.33 bits per heavy atom. The van der Waals surface area contributed by atoms with Gasteiger partial charge in [0, 0.05) is 12.0 Å². The molecule has 0 atom stereocenters. The quantitative estimate of drug-likeness (QED) is 0.732. The second-order valence-electron chi connectivity index (χ2n) is 4.80. The smallest absolute Gasteiger partial charge is 0.335 e. The minimum Gasteiger partial charge on any atom is -0.478 e. The maximum absolute atomic E-state index is 11.6. The molecule has 0 aliphatic carbocycles. The Labute approximate surface area is 111 Å². The maximum atomic E-state index is 11.6. The van der Waals surface area contributed by atoms with E-state index in [-0.39, 0.29) is 29.4 Å². The van der Waals surface area contributed by atoms with Crippen LogP contribution in [0.15, 0.2) is 18.2 Å². The van der Waals surface area contributed by atoms with Crippen LogP contribution in [0.3, 0.4) is 0 Å². The molecule has 0 fully saturated rings. The zero-order chi connectivity index (χ0) is 12.6. The first kappa shape index (κ1) is 14.3. The van der Waals surface area contributed by atoms with Gasteiger partial charge in [0.2, 0.25) is 5.91 Å². The minimum atomic E-state index is -1.01. The summed E-state index contributed by atoms with van der Waals surface area (Å²) in [4.78, 5) is 22.5. The molecule has 1 heterocycles. The molecule has 6 heteroatoms. The second kappa shape index (κ2) is 4.86. The third-order valence-electron chi connectivity index (χ3n) is 2.62. The van der Waals surface area contributed by atoms with Crippen LogP contribution in [0.25, 0.3) is 0 Å². The van der Waals surface area contributed by atoms with E-state index in [9.17, 15) is 9.59 Å². The molecule has 18 heavy (non-hydrogen) atoms. The standard InChI is InChI=1S/C12H14N2O3.ClH/c1-12(2)6-10(15)13-9-5-7(11(16)17)3-4-8(9)14-12;/h3-5,14H,6H2,1-2H3,(H,13,15)(H,16,17);1H. The maximum Gasteiger partial charge on any atom is 0.335 e. The Bertz CT molecular complexity index is 500. The zero-order valence-electron chi connectivity index (χ0n) is 10.1. The number of anilines is 2. The minimum absolute atomic E-state index is 0. The number of aromatic carboxylic acids is 1. The van der Waals surface area contributed by atoms with Crippen molar-refractivity contribution in [2.45, 2.75) is 25.8 Å². The zero-order valence-corrected chi connectivity index (χ0v) is 10.9. The number of nitrogens with one attached hydrogen (secondary N) is 2. The van der Waals surface area contributed by atoms with Crippen molar-refractivity contribution in [2.75, 3.05) is 10.6 Å². The van der Waals surface area contributed by atoms with E-state index in [4.69, 9.17) is 5.11 Å². The Kier molecular flexibility index (Phi) is 3.86. The first-order valence-corrected chi connectivity index (χ1v) is 5.33. The highest BCUT2D eigenvalue weighted by Crippen LogP contribution is 2.30. The Morgan fingerprint density at radius 3 is 2.61 bits per heavy atom. The van der Waals surface area contributed by atoms with Gasteiger partial charge in [-0.15, -0.1) is 12.4 Å². The van der Waals surface area contributed by atoms with E-state index in [0.717, 1.165) is 5.69 Å². The highest BCUT2D eigenvalue weighted by Gasteiger charge is 2.27. The highest BCUT2D eigenvalue weighted by atomic mass is 35.5. The highest BCUT2D eigenvalue weighted by molar-refractivity contribution is 5.99. The number of carboxylic acid groups (broad SMARTS) is 1. The first-order chi connectivity index (χ1) is 7.87. The third-order valence-corrected chi connectivity index (χ3v) is 2.62. The summed E-state index contributed by atoms with van der Waals surface area (Å²) in [6.07, 6.45) is 0.337. The van der Waals surface area contributed by atoms with Crippen molar-refractivity contribution in [3.8, 4) is 0 Å². The number of carboxylic acids is 1. The molecule has 1 aliphatic heterocycles. The molecule has 1 aromatic rings. The molecule has 0 radical (unpaired) electrons. The Hall–Kier alpha value is -1.75. The van der Waals surface area contributed by atoms with Crippen LogP contribution in [0.1, 0.15) is 30.6 Å². The van der Waals surface area contributed by atoms with Crippen molar-refractivity contribution in [3.05, 3.63) is 23.8 Å². The average molecular weight is 271 g/mol. The largest absolute Gasteiger partial charge is 0.478 e. The molecule has 98 valence electrons. The van der Waals surface area contributed by atoms with Crippen molar-refractivity contribution in [1.29, 1.82) is 0 Å². The van der Waals surface area contributed by atoms with Gasteiger partial charge in [-0.1, -0.05) is 0 Å². The molecule has 0 spiro atoms.